The molecule has 0 saturated carbocycles. The Bertz CT molecular complexity index is 154. The van der Waals surface area contributed by atoms with Crippen LogP contribution >= 0.6 is 0 Å². The molecule has 0 aromatic carbocycles. The number of rotatable bonds is 4. The van der Waals surface area contributed by atoms with Crippen molar-refractivity contribution in [2.24, 2.45) is 0 Å². The van der Waals surface area contributed by atoms with Crippen LogP contribution in [0, 0.1) is 0 Å². The van der Waals surface area contributed by atoms with E-state index in [1.165, 1.54) is 0 Å². The highest BCUT2D eigenvalue weighted by Gasteiger charge is 2.40. The maximum absolute atomic E-state index is 9.61. The number of hydrogen-bond acceptors (Lipinski definition) is 3. The monoisotopic (exact) mass is 186 g/mol. The molecule has 0 spiro atoms. The molecule has 0 amide bonds. The Morgan fingerprint density at radius 3 is 2.38 bits per heavy atom. The highest BCUT2D eigenvalue weighted by atomic mass is 16.5. The van der Waals surface area contributed by atoms with Crippen LogP contribution in [0.1, 0.15) is 26.7 Å². The smallest absolute Gasteiger partial charge is 0.161 e. The van der Waals surface area contributed by atoms with Gasteiger partial charge < -0.3 is 14.9 Å². The number of ether oxygens (including phenoxy) is 1. The lowest BCUT2D eigenvalue weighted by molar-refractivity contribution is 0.0209. The summed E-state index contributed by atoms with van der Waals surface area (Å²) >= 11 is 0. The highest BCUT2D eigenvalue weighted by Crippen LogP contribution is 2.23. The Hall–Kier alpha value is -0.0551. The summed E-state index contributed by atoms with van der Waals surface area (Å²) in [6, 6.07) is -0.153. The summed E-state index contributed by atoms with van der Waals surface area (Å²) in [6.07, 6.45) is 1.37. The van der Waals surface area contributed by atoms with Crippen LogP contribution in [-0.2, 0) is 4.74 Å². The Kier molecular flexibility index (Phi) is 4.23. The van der Waals surface area contributed by atoms with Crippen molar-refractivity contribution in [3.63, 3.8) is 0 Å². The minimum atomic E-state index is -0.688. The first kappa shape index (κ1) is 11.0. The maximum atomic E-state index is 9.61. The van der Waals surface area contributed by atoms with Gasteiger partial charge in [-0.1, -0.05) is 26.6 Å². The third-order valence-corrected chi connectivity index (χ3v) is 2.71. The predicted octanol–water partition coefficient (Wildman–Crippen LogP) is 0.108. The van der Waals surface area contributed by atoms with E-state index in [1.807, 2.05) is 6.92 Å². The quantitative estimate of drug-likeness (QED) is 0.612. The standard InChI is InChI=1S/C9H19BO3/c1-3-5-10-9-8(12)7(11)6(4-2)13-9/h6-12H,3-5H2,1-2H3/t6-,7+,8?,9-/m1/s1. The second kappa shape index (κ2) is 4.98. The molecule has 76 valence electrons. The Balaban J connectivity index is 2.40. The first-order valence-electron chi connectivity index (χ1n) is 5.22. The lowest BCUT2D eigenvalue weighted by Gasteiger charge is -2.12. The van der Waals surface area contributed by atoms with Gasteiger partial charge in [0.25, 0.3) is 0 Å². The summed E-state index contributed by atoms with van der Waals surface area (Å²) in [5, 5.41) is 19.2. The third kappa shape index (κ3) is 2.45. The van der Waals surface area contributed by atoms with Crippen molar-refractivity contribution < 1.29 is 14.9 Å². The van der Waals surface area contributed by atoms with Crippen molar-refractivity contribution in [3.8, 4) is 0 Å². The van der Waals surface area contributed by atoms with Crippen molar-refractivity contribution in [2.75, 3.05) is 0 Å². The molecule has 1 unspecified atom stereocenters. The van der Waals surface area contributed by atoms with Gasteiger partial charge in [0, 0.05) is 0 Å². The van der Waals surface area contributed by atoms with E-state index in [4.69, 9.17) is 4.74 Å². The summed E-state index contributed by atoms with van der Waals surface area (Å²) in [6.45, 7) is 4.07. The van der Waals surface area contributed by atoms with E-state index in [0.29, 0.717) is 0 Å². The van der Waals surface area contributed by atoms with E-state index >= 15 is 0 Å². The molecule has 1 saturated heterocycles. The van der Waals surface area contributed by atoms with Crippen LogP contribution in [0.15, 0.2) is 0 Å². The second-order valence-corrected chi connectivity index (χ2v) is 3.74. The van der Waals surface area contributed by atoms with Crippen LogP contribution in [0.5, 0.6) is 0 Å². The van der Waals surface area contributed by atoms with E-state index in [1.54, 1.807) is 0 Å². The molecular weight excluding hydrogens is 167 g/mol. The molecule has 1 aliphatic rings. The van der Waals surface area contributed by atoms with E-state index in [2.05, 4.69) is 6.92 Å². The molecule has 4 heteroatoms. The van der Waals surface area contributed by atoms with Crippen molar-refractivity contribution >= 4 is 7.28 Å². The zero-order valence-corrected chi connectivity index (χ0v) is 8.44. The maximum Gasteiger partial charge on any atom is 0.161 e. The topological polar surface area (TPSA) is 49.7 Å². The third-order valence-electron chi connectivity index (χ3n) is 2.71. The summed E-state index contributed by atoms with van der Waals surface area (Å²) in [7, 11) is 0.852. The van der Waals surface area contributed by atoms with Crippen LogP contribution in [0.4, 0.5) is 0 Å². The number of aliphatic hydroxyl groups is 2. The van der Waals surface area contributed by atoms with Crippen LogP contribution in [-0.4, -0.2) is 41.8 Å². The molecule has 4 atom stereocenters. The summed E-state index contributed by atoms with van der Waals surface area (Å²) in [5.74, 6) is 0. The van der Waals surface area contributed by atoms with Gasteiger partial charge in [0.05, 0.1) is 12.1 Å². The molecular formula is C9H19BO3. The van der Waals surface area contributed by atoms with Gasteiger partial charge in [-0.15, -0.1) is 0 Å². The van der Waals surface area contributed by atoms with Crippen molar-refractivity contribution in [2.45, 2.75) is 57.3 Å². The first-order valence-corrected chi connectivity index (χ1v) is 5.22. The molecule has 1 rings (SSSR count). The second-order valence-electron chi connectivity index (χ2n) is 3.74. The van der Waals surface area contributed by atoms with Crippen LogP contribution in [0.3, 0.4) is 0 Å². The molecule has 0 aliphatic carbocycles. The average Bonchev–Trinajstić information content (AvgIpc) is 2.41. The van der Waals surface area contributed by atoms with Gasteiger partial charge in [0.2, 0.25) is 0 Å². The first-order chi connectivity index (χ1) is 6.20. The van der Waals surface area contributed by atoms with Crippen LogP contribution < -0.4 is 0 Å². The Morgan fingerprint density at radius 1 is 1.23 bits per heavy atom. The molecule has 0 aromatic rings. The van der Waals surface area contributed by atoms with Gasteiger partial charge in [-0.2, -0.15) is 0 Å². The lowest BCUT2D eigenvalue weighted by Crippen LogP contribution is -2.34. The lowest BCUT2D eigenvalue weighted by atomic mass is 9.65. The Labute approximate surface area is 80.3 Å². The molecule has 2 N–H and O–H groups in total. The molecule has 0 radical (unpaired) electrons. The number of hydrogen-bond donors (Lipinski definition) is 2. The molecule has 1 aliphatic heterocycles. The number of aliphatic hydroxyl groups excluding tert-OH is 2. The fourth-order valence-corrected chi connectivity index (χ4v) is 1.81. The van der Waals surface area contributed by atoms with Crippen molar-refractivity contribution in [3.05, 3.63) is 0 Å². The van der Waals surface area contributed by atoms with Gasteiger partial charge in [-0.3, -0.25) is 0 Å². The van der Waals surface area contributed by atoms with E-state index in [9.17, 15) is 10.2 Å². The minimum absolute atomic E-state index is 0.153. The average molecular weight is 186 g/mol. The fourth-order valence-electron chi connectivity index (χ4n) is 1.81. The molecule has 1 heterocycles. The molecule has 0 aromatic heterocycles. The molecule has 0 bridgehead atoms. The van der Waals surface area contributed by atoms with Gasteiger partial charge in [0.1, 0.15) is 12.2 Å². The van der Waals surface area contributed by atoms with Crippen LogP contribution in [0.25, 0.3) is 0 Å². The van der Waals surface area contributed by atoms with Gasteiger partial charge in [-0.25, -0.2) is 0 Å². The van der Waals surface area contributed by atoms with Crippen LogP contribution in [0.2, 0.25) is 6.32 Å². The SMILES string of the molecule is CCCB[C@@H]1O[C@H](CC)[C@H](O)C1O. The normalized spacial score (nSPS) is 39.4. The van der Waals surface area contributed by atoms with Gasteiger partial charge >= 0.3 is 0 Å². The largest absolute Gasteiger partial charge is 0.388 e. The van der Waals surface area contributed by atoms with Crippen molar-refractivity contribution in [1.82, 2.24) is 0 Å². The summed E-state index contributed by atoms with van der Waals surface area (Å²) < 4.78 is 5.54. The zero-order valence-electron chi connectivity index (χ0n) is 8.44. The van der Waals surface area contributed by atoms with E-state index in [0.717, 1.165) is 26.4 Å². The molecule has 1 fully saturated rings. The Morgan fingerprint density at radius 2 is 1.92 bits per heavy atom. The summed E-state index contributed by atoms with van der Waals surface area (Å²) in [5.41, 5.74) is 0. The minimum Gasteiger partial charge on any atom is -0.388 e. The van der Waals surface area contributed by atoms with Crippen molar-refractivity contribution in [1.29, 1.82) is 0 Å². The van der Waals surface area contributed by atoms with Gasteiger partial charge in [0.15, 0.2) is 7.28 Å². The summed E-state index contributed by atoms with van der Waals surface area (Å²) in [4.78, 5) is 0. The van der Waals surface area contributed by atoms with Gasteiger partial charge in [-0.05, 0) is 6.42 Å². The predicted molar refractivity (Wildman–Crippen MR) is 53.2 cm³/mol. The molecule has 3 nitrogen and oxygen atoms in total. The molecule has 13 heavy (non-hydrogen) atoms. The highest BCUT2D eigenvalue weighted by molar-refractivity contribution is 6.37. The fraction of sp³-hybridized carbons (Fsp3) is 1.00. The zero-order chi connectivity index (χ0) is 9.84. The van der Waals surface area contributed by atoms with E-state index < -0.39 is 12.2 Å². The van der Waals surface area contributed by atoms with E-state index in [-0.39, 0.29) is 12.1 Å².